The highest BCUT2D eigenvalue weighted by Crippen LogP contribution is 2.39. The third kappa shape index (κ3) is 6.57. The minimum Gasteiger partial charge on any atom is -0.467 e. The van der Waals surface area contributed by atoms with Crippen molar-refractivity contribution in [2.24, 2.45) is 10.4 Å². The molecule has 0 aliphatic heterocycles. The zero-order valence-corrected chi connectivity index (χ0v) is 16.9. The molecule has 1 aromatic heterocycles. The lowest BCUT2D eigenvalue weighted by molar-refractivity contribution is -0.138. The Kier molecular flexibility index (Phi) is 8.64. The zero-order chi connectivity index (χ0) is 19.5. The van der Waals surface area contributed by atoms with Crippen LogP contribution in [0.2, 0.25) is 0 Å². The highest BCUT2D eigenvalue weighted by molar-refractivity contribution is 5.84. The van der Waals surface area contributed by atoms with Gasteiger partial charge in [0.2, 0.25) is 5.91 Å². The number of carbonyl (C=O) groups excluding carboxylic acids is 1. The Hall–Kier alpha value is -2.02. The van der Waals surface area contributed by atoms with E-state index in [1.54, 1.807) is 11.2 Å². The van der Waals surface area contributed by atoms with Gasteiger partial charge in [0, 0.05) is 33.8 Å². The SMILES string of the molecule is CCNC(=NCC1(C(=O)N(C)C)CCCC1)NCCCOCc1ccco1. The number of furan rings is 1. The number of hydrogen-bond donors (Lipinski definition) is 2. The second-order valence-corrected chi connectivity index (χ2v) is 7.29. The van der Waals surface area contributed by atoms with E-state index >= 15 is 0 Å². The minimum atomic E-state index is -0.335. The first kappa shape index (κ1) is 21.3. The number of hydrogen-bond acceptors (Lipinski definition) is 4. The molecule has 1 aliphatic carbocycles. The molecule has 27 heavy (non-hydrogen) atoms. The van der Waals surface area contributed by atoms with Gasteiger partial charge in [-0.1, -0.05) is 12.8 Å². The summed E-state index contributed by atoms with van der Waals surface area (Å²) in [5.74, 6) is 1.80. The predicted octanol–water partition coefficient (Wildman–Crippen LogP) is 2.39. The molecule has 1 aromatic rings. The molecule has 0 aromatic carbocycles. The summed E-state index contributed by atoms with van der Waals surface area (Å²) in [4.78, 5) is 19.1. The highest BCUT2D eigenvalue weighted by Gasteiger charge is 2.41. The largest absolute Gasteiger partial charge is 0.467 e. The first-order valence-corrected chi connectivity index (χ1v) is 9.91. The summed E-state index contributed by atoms with van der Waals surface area (Å²) in [5, 5.41) is 6.60. The summed E-state index contributed by atoms with van der Waals surface area (Å²) in [7, 11) is 3.66. The average Bonchev–Trinajstić information content (AvgIpc) is 3.34. The summed E-state index contributed by atoms with van der Waals surface area (Å²) in [5.41, 5.74) is -0.335. The number of rotatable bonds is 10. The van der Waals surface area contributed by atoms with E-state index in [0.717, 1.165) is 56.9 Å². The van der Waals surface area contributed by atoms with E-state index in [9.17, 15) is 4.79 Å². The third-order valence-corrected chi connectivity index (χ3v) is 4.89. The van der Waals surface area contributed by atoms with Gasteiger partial charge in [-0.05, 0) is 38.3 Å². The molecule has 0 bridgehead atoms. The smallest absolute Gasteiger partial charge is 0.230 e. The third-order valence-electron chi connectivity index (χ3n) is 4.89. The lowest BCUT2D eigenvalue weighted by Crippen LogP contribution is -2.43. The molecule has 0 atom stereocenters. The maximum atomic E-state index is 12.7. The molecule has 0 unspecified atom stereocenters. The van der Waals surface area contributed by atoms with Crippen LogP contribution in [0.15, 0.2) is 27.8 Å². The molecule has 0 spiro atoms. The molecule has 2 rings (SSSR count). The maximum absolute atomic E-state index is 12.7. The molecule has 7 heteroatoms. The molecule has 1 amide bonds. The normalized spacial score (nSPS) is 16.3. The quantitative estimate of drug-likeness (QED) is 0.371. The maximum Gasteiger partial charge on any atom is 0.230 e. The van der Waals surface area contributed by atoms with Gasteiger partial charge in [-0.15, -0.1) is 0 Å². The molecule has 2 N–H and O–H groups in total. The Labute approximate surface area is 162 Å². The molecular formula is C20H34N4O3. The van der Waals surface area contributed by atoms with Crippen molar-refractivity contribution in [2.45, 2.75) is 45.6 Å². The van der Waals surface area contributed by atoms with Crippen LogP contribution in [0, 0.1) is 5.41 Å². The van der Waals surface area contributed by atoms with E-state index in [2.05, 4.69) is 10.6 Å². The van der Waals surface area contributed by atoms with Crippen LogP contribution in [0.5, 0.6) is 0 Å². The molecule has 1 fully saturated rings. The topological polar surface area (TPSA) is 79.1 Å². The van der Waals surface area contributed by atoms with E-state index < -0.39 is 0 Å². The number of amides is 1. The number of guanidine groups is 1. The van der Waals surface area contributed by atoms with Gasteiger partial charge in [0.15, 0.2) is 5.96 Å². The molecule has 1 saturated carbocycles. The van der Waals surface area contributed by atoms with E-state index in [-0.39, 0.29) is 11.3 Å². The molecule has 0 saturated heterocycles. The average molecular weight is 379 g/mol. The van der Waals surface area contributed by atoms with Gasteiger partial charge >= 0.3 is 0 Å². The Morgan fingerprint density at radius 2 is 2.11 bits per heavy atom. The number of nitrogens with one attached hydrogen (secondary N) is 2. The van der Waals surface area contributed by atoms with Crippen LogP contribution in [-0.4, -0.2) is 57.1 Å². The number of ether oxygens (including phenoxy) is 1. The van der Waals surface area contributed by atoms with Gasteiger partial charge < -0.3 is 24.7 Å². The second kappa shape index (κ2) is 11.0. The van der Waals surface area contributed by atoms with Crippen molar-refractivity contribution >= 4 is 11.9 Å². The standard InChI is InChI=1S/C20H34N4O3/c1-4-21-19(22-12-8-13-26-15-17-9-7-14-27-17)23-16-20(10-5-6-11-20)18(25)24(2)3/h7,9,14H,4-6,8,10-13,15-16H2,1-3H3,(H2,21,22,23). The number of aliphatic imine (C=N–C) groups is 1. The van der Waals surface area contributed by atoms with Crippen molar-refractivity contribution < 1.29 is 13.9 Å². The lowest BCUT2D eigenvalue weighted by atomic mass is 9.85. The highest BCUT2D eigenvalue weighted by atomic mass is 16.5. The predicted molar refractivity (Wildman–Crippen MR) is 107 cm³/mol. The number of nitrogens with zero attached hydrogens (tertiary/aromatic N) is 2. The first-order chi connectivity index (χ1) is 13.1. The van der Waals surface area contributed by atoms with E-state index in [1.807, 2.05) is 33.2 Å². The zero-order valence-electron chi connectivity index (χ0n) is 16.9. The van der Waals surface area contributed by atoms with Crippen LogP contribution in [0.1, 0.15) is 44.8 Å². The fourth-order valence-corrected chi connectivity index (χ4v) is 3.49. The van der Waals surface area contributed by atoms with Crippen LogP contribution >= 0.6 is 0 Å². The molecule has 0 radical (unpaired) electrons. The molecule has 1 aliphatic rings. The Balaban J connectivity index is 1.77. The van der Waals surface area contributed by atoms with Crippen molar-refractivity contribution in [3.63, 3.8) is 0 Å². The van der Waals surface area contributed by atoms with Gasteiger partial charge in [-0.3, -0.25) is 9.79 Å². The Morgan fingerprint density at radius 1 is 1.33 bits per heavy atom. The first-order valence-electron chi connectivity index (χ1n) is 9.91. The monoisotopic (exact) mass is 378 g/mol. The van der Waals surface area contributed by atoms with Gasteiger partial charge in [0.05, 0.1) is 18.2 Å². The molecule has 7 nitrogen and oxygen atoms in total. The van der Waals surface area contributed by atoms with Crippen LogP contribution in [0.4, 0.5) is 0 Å². The summed E-state index contributed by atoms with van der Waals surface area (Å²) in [6.07, 6.45) is 6.57. The van der Waals surface area contributed by atoms with Crippen LogP contribution in [-0.2, 0) is 16.1 Å². The van der Waals surface area contributed by atoms with E-state index in [1.165, 1.54) is 0 Å². The van der Waals surface area contributed by atoms with Crippen molar-refractivity contribution in [3.05, 3.63) is 24.2 Å². The van der Waals surface area contributed by atoms with Crippen LogP contribution < -0.4 is 10.6 Å². The van der Waals surface area contributed by atoms with Gasteiger partial charge in [-0.25, -0.2) is 0 Å². The Bertz CT molecular complexity index is 578. The minimum absolute atomic E-state index is 0.200. The molecule has 1 heterocycles. The van der Waals surface area contributed by atoms with Gasteiger partial charge in [0.1, 0.15) is 12.4 Å². The Morgan fingerprint density at radius 3 is 2.74 bits per heavy atom. The van der Waals surface area contributed by atoms with E-state index in [4.69, 9.17) is 14.1 Å². The summed E-state index contributed by atoms with van der Waals surface area (Å²) in [6.45, 7) is 5.27. The summed E-state index contributed by atoms with van der Waals surface area (Å²) < 4.78 is 10.8. The van der Waals surface area contributed by atoms with Crippen LogP contribution in [0.25, 0.3) is 0 Å². The fourth-order valence-electron chi connectivity index (χ4n) is 3.49. The molecular weight excluding hydrogens is 344 g/mol. The summed E-state index contributed by atoms with van der Waals surface area (Å²) in [6, 6.07) is 3.76. The van der Waals surface area contributed by atoms with Crippen molar-refractivity contribution in [2.75, 3.05) is 40.3 Å². The summed E-state index contributed by atoms with van der Waals surface area (Å²) >= 11 is 0. The number of carbonyl (C=O) groups is 1. The van der Waals surface area contributed by atoms with Crippen LogP contribution in [0.3, 0.4) is 0 Å². The van der Waals surface area contributed by atoms with Crippen molar-refractivity contribution in [1.82, 2.24) is 15.5 Å². The van der Waals surface area contributed by atoms with Crippen molar-refractivity contribution in [3.8, 4) is 0 Å². The second-order valence-electron chi connectivity index (χ2n) is 7.29. The molecule has 152 valence electrons. The lowest BCUT2D eigenvalue weighted by Gasteiger charge is -2.29. The van der Waals surface area contributed by atoms with E-state index in [0.29, 0.717) is 19.8 Å². The van der Waals surface area contributed by atoms with Crippen molar-refractivity contribution in [1.29, 1.82) is 0 Å². The fraction of sp³-hybridized carbons (Fsp3) is 0.700. The van der Waals surface area contributed by atoms with Gasteiger partial charge in [0.25, 0.3) is 0 Å². The van der Waals surface area contributed by atoms with Gasteiger partial charge in [-0.2, -0.15) is 0 Å².